The second kappa shape index (κ2) is 5.30. The van der Waals surface area contributed by atoms with Crippen LogP contribution in [0.1, 0.15) is 5.56 Å². The Hall–Kier alpha value is -1.79. The van der Waals surface area contributed by atoms with Crippen molar-refractivity contribution < 1.29 is 14.2 Å². The highest BCUT2D eigenvalue weighted by molar-refractivity contribution is 9.10. The van der Waals surface area contributed by atoms with Gasteiger partial charge in [0.25, 0.3) is 0 Å². The third kappa shape index (κ3) is 2.57. The van der Waals surface area contributed by atoms with Crippen LogP contribution in [0.5, 0.6) is 23.0 Å². The van der Waals surface area contributed by atoms with Crippen LogP contribution in [-0.2, 0) is 0 Å². The van der Waals surface area contributed by atoms with E-state index in [1.165, 1.54) is 0 Å². The molecule has 0 saturated heterocycles. The minimum Gasteiger partial charge on any atom is -0.456 e. The molecule has 2 aromatic rings. The highest BCUT2D eigenvalue weighted by atomic mass is 79.9. The predicted molar refractivity (Wildman–Crippen MR) is 82.7 cm³/mol. The molecule has 0 aromatic heterocycles. The lowest BCUT2D eigenvalue weighted by atomic mass is 10.2. The van der Waals surface area contributed by atoms with Gasteiger partial charge in [-0.25, -0.2) is 0 Å². The van der Waals surface area contributed by atoms with Gasteiger partial charge >= 0.3 is 0 Å². The monoisotopic (exact) mass is 351 g/mol. The number of hydrogen-bond acceptors (Lipinski definition) is 4. The van der Waals surface area contributed by atoms with Gasteiger partial charge in [0, 0.05) is 10.5 Å². The number of thiocarbonyl (C=S) groups is 1. The molecule has 0 bridgehead atoms. The summed E-state index contributed by atoms with van der Waals surface area (Å²) < 4.78 is 17.3. The van der Waals surface area contributed by atoms with Crippen molar-refractivity contribution in [2.75, 3.05) is 6.79 Å². The van der Waals surface area contributed by atoms with Crippen molar-refractivity contribution in [3.8, 4) is 23.0 Å². The first kappa shape index (κ1) is 13.2. The van der Waals surface area contributed by atoms with E-state index < -0.39 is 0 Å². The quantitative estimate of drug-likeness (QED) is 0.856. The molecular weight excluding hydrogens is 342 g/mol. The van der Waals surface area contributed by atoms with E-state index in [0.717, 1.165) is 4.47 Å². The largest absolute Gasteiger partial charge is 0.456 e. The summed E-state index contributed by atoms with van der Waals surface area (Å²) in [6.45, 7) is 0.231. The van der Waals surface area contributed by atoms with Crippen LogP contribution in [0.2, 0.25) is 0 Å². The average Bonchev–Trinajstić information content (AvgIpc) is 2.88. The van der Waals surface area contributed by atoms with Gasteiger partial charge < -0.3 is 19.9 Å². The number of rotatable bonds is 3. The van der Waals surface area contributed by atoms with E-state index in [4.69, 9.17) is 32.2 Å². The number of ether oxygens (including phenoxy) is 3. The van der Waals surface area contributed by atoms with E-state index in [1.807, 2.05) is 18.2 Å². The zero-order chi connectivity index (χ0) is 14.1. The van der Waals surface area contributed by atoms with Crippen molar-refractivity contribution in [1.29, 1.82) is 0 Å². The molecule has 1 aliphatic rings. The summed E-state index contributed by atoms with van der Waals surface area (Å²) >= 11 is 8.42. The fourth-order valence-electron chi connectivity index (χ4n) is 1.85. The maximum atomic E-state index is 5.83. The Bertz CT molecular complexity index is 690. The molecule has 1 heterocycles. The molecule has 0 aliphatic carbocycles. The molecule has 0 spiro atoms. The van der Waals surface area contributed by atoms with Crippen molar-refractivity contribution in [3.63, 3.8) is 0 Å². The molecule has 0 fully saturated rings. The van der Waals surface area contributed by atoms with Crippen LogP contribution in [-0.4, -0.2) is 11.8 Å². The summed E-state index contributed by atoms with van der Waals surface area (Å²) in [5.74, 6) is 2.60. The van der Waals surface area contributed by atoms with Crippen LogP contribution in [0.3, 0.4) is 0 Å². The molecule has 6 heteroatoms. The Labute approximate surface area is 129 Å². The molecule has 4 nitrogen and oxygen atoms in total. The summed E-state index contributed by atoms with van der Waals surface area (Å²) in [6.07, 6.45) is 0. The normalized spacial score (nSPS) is 12.2. The highest BCUT2D eigenvalue weighted by Crippen LogP contribution is 2.37. The Morgan fingerprint density at radius 3 is 2.75 bits per heavy atom. The van der Waals surface area contributed by atoms with Gasteiger partial charge in [0.15, 0.2) is 11.5 Å². The summed E-state index contributed by atoms with van der Waals surface area (Å²) in [5, 5.41) is 0. The SMILES string of the molecule is NC(=S)c1cc(Br)ccc1Oc1ccc2c(c1)OCO2. The van der Waals surface area contributed by atoms with Crippen LogP contribution in [0.15, 0.2) is 40.9 Å². The standard InChI is InChI=1S/C14H10BrNO3S/c15-8-1-3-11(10(5-8)14(16)20)19-9-2-4-12-13(6-9)18-7-17-12/h1-6H,7H2,(H2,16,20). The third-order valence-electron chi connectivity index (χ3n) is 2.78. The number of halogens is 1. The molecule has 1 aliphatic heterocycles. The van der Waals surface area contributed by atoms with Gasteiger partial charge in [-0.15, -0.1) is 0 Å². The first-order valence-electron chi connectivity index (χ1n) is 5.80. The maximum absolute atomic E-state index is 5.83. The maximum Gasteiger partial charge on any atom is 0.231 e. The molecule has 0 saturated carbocycles. The lowest BCUT2D eigenvalue weighted by molar-refractivity contribution is 0.174. The summed E-state index contributed by atoms with van der Waals surface area (Å²) in [5.41, 5.74) is 6.39. The van der Waals surface area contributed by atoms with Gasteiger partial charge in [0.2, 0.25) is 6.79 Å². The third-order valence-corrected chi connectivity index (χ3v) is 3.49. The molecule has 20 heavy (non-hydrogen) atoms. The Morgan fingerprint density at radius 2 is 1.95 bits per heavy atom. The van der Waals surface area contributed by atoms with E-state index in [2.05, 4.69) is 15.9 Å². The molecule has 102 valence electrons. The van der Waals surface area contributed by atoms with Crippen molar-refractivity contribution in [3.05, 3.63) is 46.4 Å². The van der Waals surface area contributed by atoms with Crippen molar-refractivity contribution in [2.24, 2.45) is 5.73 Å². The van der Waals surface area contributed by atoms with E-state index in [0.29, 0.717) is 28.6 Å². The Kier molecular flexibility index (Phi) is 3.50. The average molecular weight is 352 g/mol. The van der Waals surface area contributed by atoms with Crippen molar-refractivity contribution in [2.45, 2.75) is 0 Å². The molecule has 0 unspecified atom stereocenters. The van der Waals surface area contributed by atoms with Gasteiger partial charge in [-0.05, 0) is 30.3 Å². The molecule has 0 amide bonds. The molecule has 0 radical (unpaired) electrons. The second-order valence-electron chi connectivity index (χ2n) is 4.12. The van der Waals surface area contributed by atoms with E-state index in [1.54, 1.807) is 18.2 Å². The molecule has 2 aromatic carbocycles. The predicted octanol–water partition coefficient (Wildman–Crippen LogP) is 3.60. The fourth-order valence-corrected chi connectivity index (χ4v) is 2.37. The Morgan fingerprint density at radius 1 is 1.15 bits per heavy atom. The van der Waals surface area contributed by atoms with Crippen molar-refractivity contribution in [1.82, 2.24) is 0 Å². The van der Waals surface area contributed by atoms with E-state index in [9.17, 15) is 0 Å². The number of nitrogens with two attached hydrogens (primary N) is 1. The lowest BCUT2D eigenvalue weighted by Crippen LogP contribution is -2.10. The van der Waals surface area contributed by atoms with Crippen molar-refractivity contribution >= 4 is 33.1 Å². The smallest absolute Gasteiger partial charge is 0.231 e. The van der Waals surface area contributed by atoms with Crippen LogP contribution in [0.4, 0.5) is 0 Å². The first-order valence-corrected chi connectivity index (χ1v) is 7.00. The number of benzene rings is 2. The summed E-state index contributed by atoms with van der Waals surface area (Å²) in [6, 6.07) is 10.9. The molecular formula is C14H10BrNO3S. The van der Waals surface area contributed by atoms with E-state index >= 15 is 0 Å². The highest BCUT2D eigenvalue weighted by Gasteiger charge is 2.15. The van der Waals surface area contributed by atoms with Crippen LogP contribution in [0, 0.1) is 0 Å². The van der Waals surface area contributed by atoms with Crippen LogP contribution < -0.4 is 19.9 Å². The zero-order valence-corrected chi connectivity index (χ0v) is 12.7. The minimum atomic E-state index is 0.231. The lowest BCUT2D eigenvalue weighted by Gasteiger charge is -2.11. The van der Waals surface area contributed by atoms with Crippen LogP contribution in [0.25, 0.3) is 0 Å². The number of hydrogen-bond donors (Lipinski definition) is 1. The van der Waals surface area contributed by atoms with E-state index in [-0.39, 0.29) is 11.8 Å². The molecule has 2 N–H and O–H groups in total. The minimum absolute atomic E-state index is 0.231. The number of fused-ring (bicyclic) bond motifs is 1. The Balaban J connectivity index is 1.93. The second-order valence-corrected chi connectivity index (χ2v) is 5.48. The van der Waals surface area contributed by atoms with Gasteiger partial charge in [-0.3, -0.25) is 0 Å². The molecule has 0 atom stereocenters. The fraction of sp³-hybridized carbons (Fsp3) is 0.0714. The zero-order valence-electron chi connectivity index (χ0n) is 10.3. The van der Waals surface area contributed by atoms with Gasteiger partial charge in [-0.2, -0.15) is 0 Å². The first-order chi connectivity index (χ1) is 9.63. The topological polar surface area (TPSA) is 53.7 Å². The summed E-state index contributed by atoms with van der Waals surface area (Å²) in [7, 11) is 0. The molecule has 3 rings (SSSR count). The van der Waals surface area contributed by atoms with Gasteiger partial charge in [0.1, 0.15) is 16.5 Å². The van der Waals surface area contributed by atoms with Gasteiger partial charge in [0.05, 0.1) is 5.56 Å². The summed E-state index contributed by atoms with van der Waals surface area (Å²) in [4.78, 5) is 0.280. The van der Waals surface area contributed by atoms with Gasteiger partial charge in [-0.1, -0.05) is 28.1 Å². The van der Waals surface area contributed by atoms with Crippen LogP contribution >= 0.6 is 28.1 Å².